The van der Waals surface area contributed by atoms with E-state index in [4.69, 9.17) is 5.73 Å². The lowest BCUT2D eigenvalue weighted by Gasteiger charge is -2.38. The second-order valence-corrected chi connectivity index (χ2v) is 9.01. The zero-order chi connectivity index (χ0) is 20.2. The van der Waals surface area contributed by atoms with Gasteiger partial charge in [0, 0.05) is 31.7 Å². The molecule has 3 aliphatic heterocycles. The minimum absolute atomic E-state index is 0.158. The van der Waals surface area contributed by atoms with E-state index in [1.54, 1.807) is 0 Å². The molecule has 0 saturated carbocycles. The molecule has 6 heteroatoms. The number of benzene rings is 1. The summed E-state index contributed by atoms with van der Waals surface area (Å²) in [6.45, 7) is 6.70. The largest absolute Gasteiger partial charge is 0.372 e. The van der Waals surface area contributed by atoms with Crippen LogP contribution < -0.4 is 16.0 Å². The Morgan fingerprint density at radius 1 is 0.897 bits per heavy atom. The van der Waals surface area contributed by atoms with Crippen LogP contribution in [0.4, 0.5) is 5.69 Å². The molecule has 4 rings (SSSR count). The predicted molar refractivity (Wildman–Crippen MR) is 115 cm³/mol. The highest BCUT2D eigenvalue weighted by atomic mass is 16.2. The minimum Gasteiger partial charge on any atom is -0.372 e. The normalized spacial score (nSPS) is 25.3. The molecule has 0 aliphatic carbocycles. The van der Waals surface area contributed by atoms with E-state index in [-0.39, 0.29) is 17.7 Å². The van der Waals surface area contributed by atoms with Gasteiger partial charge in [0.25, 0.3) is 0 Å². The first-order chi connectivity index (χ1) is 14.1. The van der Waals surface area contributed by atoms with E-state index in [2.05, 4.69) is 39.4 Å². The highest BCUT2D eigenvalue weighted by molar-refractivity contribution is 6.00. The number of amides is 2. The Morgan fingerprint density at radius 2 is 1.55 bits per heavy atom. The Labute approximate surface area is 173 Å². The molecule has 0 spiro atoms. The Morgan fingerprint density at radius 3 is 2.17 bits per heavy atom. The molecule has 1 unspecified atom stereocenters. The molecule has 6 nitrogen and oxygen atoms in total. The number of nitrogens with one attached hydrogen (secondary N) is 1. The van der Waals surface area contributed by atoms with Crippen LogP contribution >= 0.6 is 0 Å². The molecule has 3 saturated heterocycles. The summed E-state index contributed by atoms with van der Waals surface area (Å²) >= 11 is 0. The standard InChI is InChI=1S/C23H34N4O2/c24-15-17-7-11-26(12-8-17)16-18-9-13-27(14-10-18)20-3-1-19(2-4-20)21-5-6-22(28)25-23(21)29/h1-4,17-18,21H,5-16,24H2,(H,25,28,29). The number of anilines is 1. The Hall–Kier alpha value is -1.92. The molecule has 158 valence electrons. The number of hydrogen-bond donors (Lipinski definition) is 2. The molecular formula is C23H34N4O2. The number of rotatable bonds is 5. The SMILES string of the molecule is NCC1CCN(CC2CCN(c3ccc(C4CCC(=O)NC4=O)cc3)CC2)CC1. The van der Waals surface area contributed by atoms with Gasteiger partial charge in [0.2, 0.25) is 11.8 Å². The van der Waals surface area contributed by atoms with Gasteiger partial charge in [-0.25, -0.2) is 0 Å². The molecule has 3 fully saturated rings. The van der Waals surface area contributed by atoms with Gasteiger partial charge in [0.15, 0.2) is 0 Å². The maximum atomic E-state index is 12.1. The minimum atomic E-state index is -0.198. The molecule has 29 heavy (non-hydrogen) atoms. The Kier molecular flexibility index (Phi) is 6.50. The van der Waals surface area contributed by atoms with Gasteiger partial charge in [-0.1, -0.05) is 12.1 Å². The molecule has 1 aromatic rings. The zero-order valence-electron chi connectivity index (χ0n) is 17.3. The van der Waals surface area contributed by atoms with Crippen molar-refractivity contribution in [1.82, 2.24) is 10.2 Å². The topological polar surface area (TPSA) is 78.7 Å². The van der Waals surface area contributed by atoms with Crippen molar-refractivity contribution in [3.63, 3.8) is 0 Å². The molecule has 1 aromatic carbocycles. The van der Waals surface area contributed by atoms with Crippen LogP contribution in [0.2, 0.25) is 0 Å². The molecule has 0 aromatic heterocycles. The van der Waals surface area contributed by atoms with Crippen LogP contribution in [-0.4, -0.2) is 56.0 Å². The summed E-state index contributed by atoms with van der Waals surface area (Å²) in [6.07, 6.45) is 6.04. The maximum Gasteiger partial charge on any atom is 0.234 e. The van der Waals surface area contributed by atoms with Crippen molar-refractivity contribution < 1.29 is 9.59 Å². The van der Waals surface area contributed by atoms with E-state index in [0.29, 0.717) is 12.8 Å². The van der Waals surface area contributed by atoms with Crippen molar-refractivity contribution in [2.24, 2.45) is 17.6 Å². The van der Waals surface area contributed by atoms with Crippen LogP contribution in [0.5, 0.6) is 0 Å². The quantitative estimate of drug-likeness (QED) is 0.743. The highest BCUT2D eigenvalue weighted by Crippen LogP contribution is 2.29. The van der Waals surface area contributed by atoms with Crippen molar-refractivity contribution in [2.75, 3.05) is 44.2 Å². The van der Waals surface area contributed by atoms with E-state index in [9.17, 15) is 9.59 Å². The van der Waals surface area contributed by atoms with Gasteiger partial charge in [-0.3, -0.25) is 14.9 Å². The van der Waals surface area contributed by atoms with Crippen molar-refractivity contribution in [3.8, 4) is 0 Å². The van der Waals surface area contributed by atoms with Crippen LogP contribution in [0.25, 0.3) is 0 Å². The highest BCUT2D eigenvalue weighted by Gasteiger charge is 2.28. The average molecular weight is 399 g/mol. The number of carbonyl (C=O) groups is 2. The molecule has 2 amide bonds. The number of hydrogen-bond acceptors (Lipinski definition) is 5. The summed E-state index contributed by atoms with van der Waals surface area (Å²) in [7, 11) is 0. The van der Waals surface area contributed by atoms with Gasteiger partial charge >= 0.3 is 0 Å². The summed E-state index contributed by atoms with van der Waals surface area (Å²) in [5.41, 5.74) is 8.06. The Balaban J connectivity index is 1.26. The fraction of sp³-hybridized carbons (Fsp3) is 0.652. The number of carbonyl (C=O) groups excluding carboxylic acids is 2. The summed E-state index contributed by atoms with van der Waals surface area (Å²) in [4.78, 5) is 28.5. The first-order valence-electron chi connectivity index (χ1n) is 11.2. The number of nitrogens with zero attached hydrogens (tertiary/aromatic N) is 2. The molecule has 0 bridgehead atoms. The molecule has 1 atom stereocenters. The predicted octanol–water partition coefficient (Wildman–Crippen LogP) is 2.09. The van der Waals surface area contributed by atoms with Crippen molar-refractivity contribution in [3.05, 3.63) is 29.8 Å². The van der Waals surface area contributed by atoms with Crippen LogP contribution in [0.15, 0.2) is 24.3 Å². The first kappa shape index (κ1) is 20.4. The van der Waals surface area contributed by atoms with Gasteiger partial charge in [-0.05, 0) is 81.3 Å². The summed E-state index contributed by atoms with van der Waals surface area (Å²) in [5.74, 6) is 1.01. The van der Waals surface area contributed by atoms with E-state index < -0.39 is 0 Å². The number of imide groups is 1. The van der Waals surface area contributed by atoms with Crippen molar-refractivity contribution >= 4 is 17.5 Å². The number of nitrogens with two attached hydrogens (primary N) is 1. The smallest absolute Gasteiger partial charge is 0.234 e. The molecule has 0 radical (unpaired) electrons. The summed E-state index contributed by atoms with van der Waals surface area (Å²) < 4.78 is 0. The van der Waals surface area contributed by atoms with E-state index >= 15 is 0 Å². The van der Waals surface area contributed by atoms with Crippen molar-refractivity contribution in [1.29, 1.82) is 0 Å². The van der Waals surface area contributed by atoms with Gasteiger partial charge in [-0.2, -0.15) is 0 Å². The molecule has 3 aliphatic rings. The summed E-state index contributed by atoms with van der Waals surface area (Å²) in [6, 6.07) is 8.39. The summed E-state index contributed by atoms with van der Waals surface area (Å²) in [5, 5.41) is 2.45. The number of piperidine rings is 3. The fourth-order valence-electron chi connectivity index (χ4n) is 5.07. The Bertz CT molecular complexity index is 704. The van der Waals surface area contributed by atoms with Gasteiger partial charge in [0.1, 0.15) is 0 Å². The van der Waals surface area contributed by atoms with Gasteiger partial charge in [0.05, 0.1) is 5.92 Å². The van der Waals surface area contributed by atoms with Crippen LogP contribution in [0, 0.1) is 11.8 Å². The average Bonchev–Trinajstić information content (AvgIpc) is 2.75. The van der Waals surface area contributed by atoms with E-state index in [1.807, 2.05) is 0 Å². The monoisotopic (exact) mass is 398 g/mol. The molecular weight excluding hydrogens is 364 g/mol. The van der Waals surface area contributed by atoms with Crippen LogP contribution in [0.1, 0.15) is 50.0 Å². The molecule has 3 N–H and O–H groups in total. The third-order valence-electron chi connectivity index (χ3n) is 7.07. The third kappa shape index (κ3) is 4.98. The van der Waals surface area contributed by atoms with E-state index in [0.717, 1.165) is 37.0 Å². The second kappa shape index (κ2) is 9.26. The lowest BCUT2D eigenvalue weighted by atomic mass is 9.90. The number of likely N-dealkylation sites (tertiary alicyclic amines) is 1. The first-order valence-corrected chi connectivity index (χ1v) is 11.2. The molecule has 3 heterocycles. The zero-order valence-corrected chi connectivity index (χ0v) is 17.3. The lowest BCUT2D eigenvalue weighted by molar-refractivity contribution is -0.134. The van der Waals surface area contributed by atoms with Gasteiger partial charge < -0.3 is 15.5 Å². The fourth-order valence-corrected chi connectivity index (χ4v) is 5.07. The lowest BCUT2D eigenvalue weighted by Crippen LogP contribution is -2.42. The van der Waals surface area contributed by atoms with Gasteiger partial charge in [-0.15, -0.1) is 0 Å². The van der Waals surface area contributed by atoms with Crippen LogP contribution in [-0.2, 0) is 9.59 Å². The second-order valence-electron chi connectivity index (χ2n) is 9.01. The third-order valence-corrected chi connectivity index (χ3v) is 7.07. The van der Waals surface area contributed by atoms with E-state index in [1.165, 1.54) is 51.0 Å². The maximum absolute atomic E-state index is 12.1. The van der Waals surface area contributed by atoms with Crippen LogP contribution in [0.3, 0.4) is 0 Å². The van der Waals surface area contributed by atoms with Crippen molar-refractivity contribution in [2.45, 2.75) is 44.4 Å².